The molecule has 4 rings (SSSR count). The maximum Gasteiger partial charge on any atom is 0.360 e. The molecule has 0 radical (unpaired) electrons. The highest BCUT2D eigenvalue weighted by Gasteiger charge is 2.37. The number of pyridine rings is 1. The molecule has 0 fully saturated rings. The number of benzene rings is 2. The van der Waals surface area contributed by atoms with E-state index in [0.29, 0.717) is 5.76 Å². The van der Waals surface area contributed by atoms with Crippen LogP contribution in [0.15, 0.2) is 83.9 Å². The summed E-state index contributed by atoms with van der Waals surface area (Å²) in [6, 6.07) is 18.2. The lowest BCUT2D eigenvalue weighted by atomic mass is 9.91. The Morgan fingerprint density at radius 1 is 1.03 bits per heavy atom. The lowest BCUT2D eigenvalue weighted by Gasteiger charge is -2.33. The summed E-state index contributed by atoms with van der Waals surface area (Å²) in [5, 5.41) is 6.58. The summed E-state index contributed by atoms with van der Waals surface area (Å²) in [6.07, 6.45) is 5.56. The van der Waals surface area contributed by atoms with E-state index in [4.69, 9.17) is 14.6 Å². The maximum absolute atomic E-state index is 13.3. The highest BCUT2D eigenvalue weighted by atomic mass is 16.5. The van der Waals surface area contributed by atoms with Gasteiger partial charge in [-0.2, -0.15) is 5.10 Å². The molecule has 39 heavy (non-hydrogen) atoms. The van der Waals surface area contributed by atoms with Gasteiger partial charge in [0.05, 0.1) is 12.8 Å². The molecule has 0 saturated carbocycles. The average Bonchev–Trinajstić information content (AvgIpc) is 2.97. The van der Waals surface area contributed by atoms with Crippen molar-refractivity contribution >= 4 is 23.1 Å². The van der Waals surface area contributed by atoms with E-state index < -0.39 is 5.97 Å². The van der Waals surface area contributed by atoms with E-state index in [9.17, 15) is 4.79 Å². The molecule has 0 N–H and O–H groups in total. The summed E-state index contributed by atoms with van der Waals surface area (Å²) in [7, 11) is 1.37. The average molecular weight is 526 g/mol. The lowest BCUT2D eigenvalue weighted by molar-refractivity contribution is -0.137. The van der Waals surface area contributed by atoms with Crippen LogP contribution in [0.5, 0.6) is 0 Å². The molecule has 1 aliphatic rings. The van der Waals surface area contributed by atoms with Crippen LogP contribution in [0, 0.1) is 12.8 Å². The smallest absolute Gasteiger partial charge is 0.360 e. The molecule has 2 aromatic carbocycles. The minimum Gasteiger partial charge on any atom is -0.486 e. The Morgan fingerprint density at radius 2 is 1.67 bits per heavy atom. The Balaban J connectivity index is 0.00000205. The van der Waals surface area contributed by atoms with Crippen molar-refractivity contribution in [1.82, 2.24) is 9.99 Å². The van der Waals surface area contributed by atoms with Crippen molar-refractivity contribution in [1.29, 1.82) is 0 Å². The number of aryl methyl sites for hydroxylation is 1. The van der Waals surface area contributed by atoms with Crippen LogP contribution in [0.3, 0.4) is 0 Å². The number of rotatable bonds is 7. The second-order valence-corrected chi connectivity index (χ2v) is 9.30. The molecule has 0 bridgehead atoms. The van der Waals surface area contributed by atoms with E-state index in [2.05, 4.69) is 50.0 Å². The first-order chi connectivity index (χ1) is 18.8. The van der Waals surface area contributed by atoms with E-state index in [1.54, 1.807) is 11.2 Å². The van der Waals surface area contributed by atoms with Gasteiger partial charge in [-0.3, -0.25) is 4.98 Å². The number of fused-ring (bicyclic) bond motifs is 1. The van der Waals surface area contributed by atoms with Crippen molar-refractivity contribution in [2.45, 2.75) is 55.1 Å². The number of allylic oxidation sites excluding steroid dienone is 1. The first-order valence-electron chi connectivity index (χ1n) is 13.4. The fourth-order valence-corrected chi connectivity index (χ4v) is 4.11. The van der Waals surface area contributed by atoms with E-state index in [1.807, 2.05) is 70.3 Å². The molecule has 3 aromatic rings. The Morgan fingerprint density at radius 3 is 2.26 bits per heavy atom. The highest BCUT2D eigenvalue weighted by Crippen LogP contribution is 2.44. The number of esters is 1. The predicted octanol–water partition coefficient (Wildman–Crippen LogP) is 7.85. The minimum absolute atomic E-state index is 0.182. The van der Waals surface area contributed by atoms with Crippen LogP contribution in [0.4, 0.5) is 0 Å². The maximum atomic E-state index is 13.3. The largest absolute Gasteiger partial charge is 0.486 e. The Bertz CT molecular complexity index is 1370. The molecule has 0 atom stereocenters. The number of nitrogens with zero attached hydrogens (tertiary/aromatic N) is 3. The van der Waals surface area contributed by atoms with Gasteiger partial charge in [-0.25, -0.2) is 9.80 Å². The highest BCUT2D eigenvalue weighted by molar-refractivity contribution is 6.03. The molecule has 0 amide bonds. The Labute approximate surface area is 232 Å². The van der Waals surface area contributed by atoms with Gasteiger partial charge >= 0.3 is 5.97 Å². The Hall–Kier alpha value is -4.19. The van der Waals surface area contributed by atoms with E-state index in [-0.39, 0.29) is 18.2 Å². The summed E-state index contributed by atoms with van der Waals surface area (Å²) < 4.78 is 11.7. The summed E-state index contributed by atoms with van der Waals surface area (Å²) in [6.45, 7) is 14.4. The van der Waals surface area contributed by atoms with Crippen molar-refractivity contribution in [3.05, 3.63) is 101 Å². The molecular weight excluding hydrogens is 486 g/mol. The molecule has 2 heterocycles. The van der Waals surface area contributed by atoms with Crippen LogP contribution in [-0.2, 0) is 20.9 Å². The molecular formula is C33H39N3O3. The summed E-state index contributed by atoms with van der Waals surface area (Å²) in [4.78, 5) is 17.9. The molecule has 1 aromatic heterocycles. The predicted molar refractivity (Wildman–Crippen MR) is 159 cm³/mol. The molecule has 204 valence electrons. The van der Waals surface area contributed by atoms with Crippen molar-refractivity contribution in [2.75, 3.05) is 7.11 Å². The minimum atomic E-state index is -0.533. The fourth-order valence-electron chi connectivity index (χ4n) is 4.11. The van der Waals surface area contributed by atoms with E-state index in [1.165, 1.54) is 12.7 Å². The van der Waals surface area contributed by atoms with Crippen molar-refractivity contribution in [3.8, 4) is 11.1 Å². The Kier molecular flexibility index (Phi) is 10.2. The van der Waals surface area contributed by atoms with Crippen LogP contribution >= 0.6 is 0 Å². The van der Waals surface area contributed by atoms with E-state index in [0.717, 1.165) is 39.2 Å². The molecule has 0 aliphatic carbocycles. The molecule has 0 saturated heterocycles. The lowest BCUT2D eigenvalue weighted by Crippen LogP contribution is -2.30. The SMILES string of the molecule is C/C=C1\c2c(cncc2-c2ccc(C)cc2)C(OCc2ccccc2)=C(C(=O)OC)N1/N=C(\C)C(C)C.CC. The van der Waals surface area contributed by atoms with Crippen LogP contribution in [0.2, 0.25) is 0 Å². The zero-order chi connectivity index (χ0) is 28.5. The second-order valence-electron chi connectivity index (χ2n) is 9.30. The standard InChI is InChI=1S/C31H33N3O3.C2H6/c1-7-27-28-25(24-15-13-21(4)14-16-24)17-32-18-26(28)30(37-19-23-11-9-8-10-12-23)29(31(35)36-6)34(27)33-22(5)20(2)3;1-2/h7-18,20H,19H2,1-6H3;1-2H3/b27-7+,33-22+;. The molecule has 6 nitrogen and oxygen atoms in total. The first kappa shape index (κ1) is 29.4. The van der Waals surface area contributed by atoms with Gasteiger partial charge in [-0.1, -0.05) is 93.9 Å². The summed E-state index contributed by atoms with van der Waals surface area (Å²) >= 11 is 0. The fraction of sp³-hybridized carbons (Fsp3) is 0.303. The van der Waals surface area contributed by atoms with Crippen LogP contribution < -0.4 is 0 Å². The van der Waals surface area contributed by atoms with Gasteiger partial charge in [-0.15, -0.1) is 0 Å². The van der Waals surface area contributed by atoms with Gasteiger partial charge in [0.25, 0.3) is 0 Å². The number of methoxy groups -OCH3 is 1. The second kappa shape index (κ2) is 13.6. The molecule has 0 spiro atoms. The van der Waals surface area contributed by atoms with Crippen LogP contribution in [-0.4, -0.2) is 28.8 Å². The van der Waals surface area contributed by atoms with Gasteiger partial charge in [-0.05, 0) is 37.8 Å². The third-order valence-corrected chi connectivity index (χ3v) is 6.44. The van der Waals surface area contributed by atoms with Crippen molar-refractivity contribution < 1.29 is 14.3 Å². The number of carbonyl (C=O) groups excluding carboxylic acids is 1. The van der Waals surface area contributed by atoms with Gasteiger partial charge in [0, 0.05) is 34.8 Å². The van der Waals surface area contributed by atoms with Crippen LogP contribution in [0.25, 0.3) is 22.6 Å². The number of hydrogen-bond acceptors (Lipinski definition) is 6. The number of hydrogen-bond donors (Lipinski definition) is 0. The normalized spacial score (nSPS) is 14.1. The van der Waals surface area contributed by atoms with Gasteiger partial charge in [0.2, 0.25) is 0 Å². The number of carbonyl (C=O) groups is 1. The zero-order valence-corrected chi connectivity index (χ0v) is 24.3. The number of ether oxygens (including phenoxy) is 2. The van der Waals surface area contributed by atoms with Gasteiger partial charge < -0.3 is 9.47 Å². The molecule has 6 heteroatoms. The topological polar surface area (TPSA) is 64.0 Å². The molecule has 1 aliphatic heterocycles. The van der Waals surface area contributed by atoms with Gasteiger partial charge in [0.1, 0.15) is 6.61 Å². The molecule has 0 unspecified atom stereocenters. The van der Waals surface area contributed by atoms with Crippen LogP contribution in [0.1, 0.15) is 63.8 Å². The van der Waals surface area contributed by atoms with Crippen molar-refractivity contribution in [2.24, 2.45) is 11.0 Å². The third-order valence-electron chi connectivity index (χ3n) is 6.44. The third kappa shape index (κ3) is 6.45. The quantitative estimate of drug-likeness (QED) is 0.232. The van der Waals surface area contributed by atoms with Crippen molar-refractivity contribution in [3.63, 3.8) is 0 Å². The summed E-state index contributed by atoms with van der Waals surface area (Å²) in [5.74, 6) is 0.0354. The summed E-state index contributed by atoms with van der Waals surface area (Å²) in [5.41, 5.74) is 7.58. The zero-order valence-electron chi connectivity index (χ0n) is 24.3. The number of hydrazone groups is 1. The van der Waals surface area contributed by atoms with E-state index >= 15 is 0 Å². The monoisotopic (exact) mass is 525 g/mol. The van der Waals surface area contributed by atoms with Gasteiger partial charge in [0.15, 0.2) is 11.5 Å². The number of aromatic nitrogens is 1. The first-order valence-corrected chi connectivity index (χ1v) is 13.4.